The average molecular weight is 300 g/mol. The van der Waals surface area contributed by atoms with Gasteiger partial charge >= 0.3 is 0 Å². The maximum atomic E-state index is 9.35. The fourth-order valence-electron chi connectivity index (χ4n) is 2.34. The van der Waals surface area contributed by atoms with Crippen LogP contribution >= 0.6 is 11.6 Å². The van der Waals surface area contributed by atoms with E-state index in [0.717, 1.165) is 21.8 Å². The first kappa shape index (κ1) is 15.4. The molecule has 0 aliphatic rings. The third kappa shape index (κ3) is 3.18. The van der Waals surface area contributed by atoms with Crippen molar-refractivity contribution in [3.8, 4) is 6.07 Å². The summed E-state index contributed by atoms with van der Waals surface area (Å²) in [5.41, 5.74) is 9.12. The van der Waals surface area contributed by atoms with Gasteiger partial charge in [-0.15, -0.1) is 0 Å². The maximum Gasteiger partial charge on any atom is 0.101 e. The number of anilines is 1. The van der Waals surface area contributed by atoms with Crippen LogP contribution in [-0.4, -0.2) is 7.05 Å². The average Bonchev–Trinajstić information content (AvgIpc) is 2.53. The van der Waals surface area contributed by atoms with Crippen molar-refractivity contribution >= 4 is 17.3 Å². The minimum absolute atomic E-state index is 0.0644. The van der Waals surface area contributed by atoms with Crippen LogP contribution in [0.15, 0.2) is 42.5 Å². The summed E-state index contributed by atoms with van der Waals surface area (Å²) in [4.78, 5) is 2.06. The van der Waals surface area contributed by atoms with Gasteiger partial charge in [-0.3, -0.25) is 0 Å². The lowest BCUT2D eigenvalue weighted by atomic mass is 10.0. The van der Waals surface area contributed by atoms with Crippen molar-refractivity contribution in [2.45, 2.75) is 19.5 Å². The Morgan fingerprint density at radius 3 is 2.62 bits per heavy atom. The van der Waals surface area contributed by atoms with Gasteiger partial charge in [0.15, 0.2) is 0 Å². The van der Waals surface area contributed by atoms with E-state index in [1.165, 1.54) is 0 Å². The molecule has 0 aromatic heterocycles. The third-order valence-electron chi connectivity index (χ3n) is 3.73. The highest BCUT2D eigenvalue weighted by atomic mass is 35.5. The molecule has 108 valence electrons. The second kappa shape index (κ2) is 6.62. The molecule has 3 nitrogen and oxygen atoms in total. The molecule has 2 aromatic carbocycles. The maximum absolute atomic E-state index is 9.35. The number of nitrogens with zero attached hydrogens (tertiary/aromatic N) is 2. The van der Waals surface area contributed by atoms with E-state index < -0.39 is 0 Å². The highest BCUT2D eigenvalue weighted by Crippen LogP contribution is 2.31. The van der Waals surface area contributed by atoms with Crippen LogP contribution in [0.2, 0.25) is 5.02 Å². The molecular formula is C17H18ClN3. The Morgan fingerprint density at radius 1 is 1.29 bits per heavy atom. The van der Waals surface area contributed by atoms with E-state index >= 15 is 0 Å². The number of nitrogens with two attached hydrogens (primary N) is 1. The Bertz CT molecular complexity index is 676. The molecule has 2 N–H and O–H groups in total. The molecule has 0 spiro atoms. The van der Waals surface area contributed by atoms with Gasteiger partial charge in [-0.2, -0.15) is 5.26 Å². The zero-order valence-electron chi connectivity index (χ0n) is 12.2. The molecule has 0 heterocycles. The quantitative estimate of drug-likeness (QED) is 0.932. The van der Waals surface area contributed by atoms with Crippen molar-refractivity contribution < 1.29 is 0 Å². The zero-order chi connectivity index (χ0) is 15.4. The van der Waals surface area contributed by atoms with Gasteiger partial charge < -0.3 is 10.6 Å². The van der Waals surface area contributed by atoms with Gasteiger partial charge in [-0.25, -0.2) is 0 Å². The van der Waals surface area contributed by atoms with Crippen molar-refractivity contribution in [1.29, 1.82) is 5.26 Å². The van der Waals surface area contributed by atoms with Crippen LogP contribution in [0.3, 0.4) is 0 Å². The minimum Gasteiger partial charge on any atom is -0.367 e. The van der Waals surface area contributed by atoms with Crippen molar-refractivity contribution in [3.05, 3.63) is 64.2 Å². The van der Waals surface area contributed by atoms with E-state index in [1.807, 2.05) is 49.5 Å². The highest BCUT2D eigenvalue weighted by molar-refractivity contribution is 6.31. The second-order valence-corrected chi connectivity index (χ2v) is 5.38. The summed E-state index contributed by atoms with van der Waals surface area (Å²) in [6.45, 7) is 2.50. The zero-order valence-corrected chi connectivity index (χ0v) is 12.9. The van der Waals surface area contributed by atoms with Crippen LogP contribution in [0, 0.1) is 11.3 Å². The van der Waals surface area contributed by atoms with Gasteiger partial charge in [-0.1, -0.05) is 35.9 Å². The van der Waals surface area contributed by atoms with Gasteiger partial charge in [0.1, 0.15) is 6.07 Å². The van der Waals surface area contributed by atoms with Gasteiger partial charge in [0, 0.05) is 18.6 Å². The smallest absolute Gasteiger partial charge is 0.101 e. The summed E-state index contributed by atoms with van der Waals surface area (Å²) in [6.07, 6.45) is 0. The number of rotatable bonds is 4. The topological polar surface area (TPSA) is 53.0 Å². The minimum atomic E-state index is 0.0644. The normalized spacial score (nSPS) is 11.8. The summed E-state index contributed by atoms with van der Waals surface area (Å²) >= 11 is 6.26. The SMILES string of the molecule is CC(c1ccccc1Cl)N(C)c1ccc(CN)cc1C#N. The standard InChI is InChI=1S/C17H18ClN3/c1-12(15-5-3-4-6-16(15)18)21(2)17-8-7-13(10-19)9-14(17)11-20/h3-9,12H,10,19H2,1-2H3. The van der Waals surface area contributed by atoms with Crippen LogP contribution in [0.4, 0.5) is 5.69 Å². The van der Waals surface area contributed by atoms with Gasteiger partial charge in [0.2, 0.25) is 0 Å². The molecule has 0 saturated heterocycles. The first-order valence-electron chi connectivity index (χ1n) is 6.78. The molecule has 0 aliphatic carbocycles. The van der Waals surface area contributed by atoms with E-state index in [-0.39, 0.29) is 6.04 Å². The Hall–Kier alpha value is -2.02. The summed E-state index contributed by atoms with van der Waals surface area (Å²) in [5.74, 6) is 0. The molecule has 0 radical (unpaired) electrons. The molecule has 0 aliphatic heterocycles. The van der Waals surface area contributed by atoms with E-state index in [4.69, 9.17) is 17.3 Å². The number of halogens is 1. The lowest BCUT2D eigenvalue weighted by molar-refractivity contribution is 0.739. The Balaban J connectivity index is 2.38. The van der Waals surface area contributed by atoms with Crippen LogP contribution < -0.4 is 10.6 Å². The second-order valence-electron chi connectivity index (χ2n) is 4.98. The van der Waals surface area contributed by atoms with Crippen LogP contribution in [0.5, 0.6) is 0 Å². The van der Waals surface area contributed by atoms with E-state index in [2.05, 4.69) is 17.9 Å². The molecule has 0 amide bonds. The number of hydrogen-bond donors (Lipinski definition) is 1. The largest absolute Gasteiger partial charge is 0.367 e. The van der Waals surface area contributed by atoms with Gasteiger partial charge in [0.05, 0.1) is 17.3 Å². The molecule has 0 fully saturated rings. The van der Waals surface area contributed by atoms with Crippen molar-refractivity contribution in [1.82, 2.24) is 0 Å². The summed E-state index contributed by atoms with van der Waals surface area (Å²) in [5, 5.41) is 10.1. The third-order valence-corrected chi connectivity index (χ3v) is 4.08. The lowest BCUT2D eigenvalue weighted by Gasteiger charge is -2.29. The predicted molar refractivity (Wildman–Crippen MR) is 87.3 cm³/mol. The van der Waals surface area contributed by atoms with Crippen molar-refractivity contribution in [2.75, 3.05) is 11.9 Å². The van der Waals surface area contributed by atoms with E-state index in [0.29, 0.717) is 12.1 Å². The van der Waals surface area contributed by atoms with Gasteiger partial charge in [-0.05, 0) is 36.2 Å². The monoisotopic (exact) mass is 299 g/mol. The Labute approximate surface area is 130 Å². The van der Waals surface area contributed by atoms with E-state index in [9.17, 15) is 5.26 Å². The molecule has 21 heavy (non-hydrogen) atoms. The fraction of sp³-hybridized carbons (Fsp3) is 0.235. The molecule has 2 aromatic rings. The molecule has 4 heteroatoms. The first-order chi connectivity index (χ1) is 10.1. The summed E-state index contributed by atoms with van der Waals surface area (Å²) in [7, 11) is 1.96. The molecule has 0 saturated carbocycles. The molecular weight excluding hydrogens is 282 g/mol. The van der Waals surface area contributed by atoms with Crippen LogP contribution in [-0.2, 0) is 6.54 Å². The van der Waals surface area contributed by atoms with Gasteiger partial charge in [0.25, 0.3) is 0 Å². The lowest BCUT2D eigenvalue weighted by Crippen LogP contribution is -2.23. The summed E-state index contributed by atoms with van der Waals surface area (Å²) < 4.78 is 0. The Kier molecular flexibility index (Phi) is 4.85. The number of benzene rings is 2. The molecule has 1 atom stereocenters. The van der Waals surface area contributed by atoms with Crippen LogP contribution in [0.1, 0.15) is 29.7 Å². The molecule has 2 rings (SSSR count). The van der Waals surface area contributed by atoms with Crippen LogP contribution in [0.25, 0.3) is 0 Å². The molecule has 0 bridgehead atoms. The first-order valence-corrected chi connectivity index (χ1v) is 7.16. The molecule has 1 unspecified atom stereocenters. The summed E-state index contributed by atoms with van der Waals surface area (Å²) in [6, 6.07) is 15.8. The van der Waals surface area contributed by atoms with Crippen molar-refractivity contribution in [2.24, 2.45) is 5.73 Å². The van der Waals surface area contributed by atoms with E-state index in [1.54, 1.807) is 0 Å². The fourth-order valence-corrected chi connectivity index (χ4v) is 2.63. The number of nitriles is 1. The number of hydrogen-bond acceptors (Lipinski definition) is 3. The predicted octanol–water partition coefficient (Wildman–Crippen LogP) is 3.87. The highest BCUT2D eigenvalue weighted by Gasteiger charge is 2.17. The van der Waals surface area contributed by atoms with Crippen molar-refractivity contribution in [3.63, 3.8) is 0 Å². The Morgan fingerprint density at radius 2 is 2.00 bits per heavy atom.